The Balaban J connectivity index is 1.37. The Morgan fingerprint density at radius 1 is 1.17 bits per heavy atom. The van der Waals surface area contributed by atoms with E-state index < -0.39 is 0 Å². The van der Waals surface area contributed by atoms with Crippen molar-refractivity contribution in [1.29, 1.82) is 0 Å². The van der Waals surface area contributed by atoms with Gasteiger partial charge in [0.25, 0.3) is 0 Å². The van der Waals surface area contributed by atoms with Crippen molar-refractivity contribution in [3.8, 4) is 5.69 Å². The predicted octanol–water partition coefficient (Wildman–Crippen LogP) is 0.760. The minimum absolute atomic E-state index is 0.115. The van der Waals surface area contributed by atoms with Gasteiger partial charge in [0.2, 0.25) is 0 Å². The molecule has 1 saturated heterocycles. The lowest BCUT2D eigenvalue weighted by Crippen LogP contribution is -2.43. The fourth-order valence-corrected chi connectivity index (χ4v) is 2.85. The molecule has 0 bridgehead atoms. The Morgan fingerprint density at radius 3 is 2.92 bits per heavy atom. The second-order valence-electron chi connectivity index (χ2n) is 5.81. The van der Waals surface area contributed by atoms with Crippen LogP contribution in [-0.2, 0) is 17.8 Å². The van der Waals surface area contributed by atoms with Gasteiger partial charge in [0.15, 0.2) is 0 Å². The van der Waals surface area contributed by atoms with Crippen molar-refractivity contribution < 1.29 is 4.74 Å². The lowest BCUT2D eigenvalue weighted by molar-refractivity contribution is -0.0406. The zero-order valence-corrected chi connectivity index (χ0v) is 13.3. The number of hydrogen-bond acceptors (Lipinski definition) is 6. The largest absolute Gasteiger partial charge is 0.374 e. The summed E-state index contributed by atoms with van der Waals surface area (Å²) in [5.41, 5.74) is 1.93. The minimum atomic E-state index is 0.115. The summed E-state index contributed by atoms with van der Waals surface area (Å²) in [6, 6.07) is 9.93. The van der Waals surface area contributed by atoms with Crippen LogP contribution < -0.4 is 0 Å². The van der Waals surface area contributed by atoms with Crippen molar-refractivity contribution in [2.45, 2.75) is 19.2 Å². The minimum Gasteiger partial charge on any atom is -0.374 e. The average Bonchev–Trinajstić information content (AvgIpc) is 3.28. The van der Waals surface area contributed by atoms with Crippen LogP contribution in [0.3, 0.4) is 0 Å². The highest BCUT2D eigenvalue weighted by Gasteiger charge is 2.22. The summed E-state index contributed by atoms with van der Waals surface area (Å²) in [7, 11) is 0. The molecule has 1 aromatic carbocycles. The van der Waals surface area contributed by atoms with Crippen LogP contribution in [0.15, 0.2) is 49.2 Å². The highest BCUT2D eigenvalue weighted by Crippen LogP contribution is 2.11. The van der Waals surface area contributed by atoms with Crippen LogP contribution in [0.5, 0.6) is 0 Å². The molecule has 2 aromatic heterocycles. The zero-order valence-electron chi connectivity index (χ0n) is 13.3. The lowest BCUT2D eigenvalue weighted by Gasteiger charge is -2.32. The third-order valence-electron chi connectivity index (χ3n) is 3.99. The number of rotatable bonds is 5. The van der Waals surface area contributed by atoms with Gasteiger partial charge in [-0.05, 0) is 12.1 Å². The van der Waals surface area contributed by atoms with E-state index >= 15 is 0 Å². The molecule has 124 valence electrons. The molecule has 1 atom stereocenters. The highest BCUT2D eigenvalue weighted by molar-refractivity contribution is 5.28. The molecule has 1 aliphatic heterocycles. The standard InChI is InChI=1S/C16H19N7O/c1-2-4-15(5-3-1)23-18-8-14(20-23)9-21-6-7-24-16(10-21)11-22-13-17-12-19-22/h1-5,8,12-13,16H,6-7,9-11H2/t16-/m1/s1. The Kier molecular flexibility index (Phi) is 4.30. The Labute approximate surface area is 139 Å². The van der Waals surface area contributed by atoms with Crippen molar-refractivity contribution in [3.63, 3.8) is 0 Å². The molecule has 3 aromatic rings. The molecule has 0 N–H and O–H groups in total. The van der Waals surface area contributed by atoms with Gasteiger partial charge >= 0.3 is 0 Å². The summed E-state index contributed by atoms with van der Waals surface area (Å²) >= 11 is 0. The van der Waals surface area contributed by atoms with Crippen molar-refractivity contribution >= 4 is 0 Å². The van der Waals surface area contributed by atoms with E-state index in [9.17, 15) is 0 Å². The van der Waals surface area contributed by atoms with Gasteiger partial charge in [0, 0.05) is 19.6 Å². The predicted molar refractivity (Wildman–Crippen MR) is 86.4 cm³/mol. The van der Waals surface area contributed by atoms with E-state index in [1.54, 1.807) is 22.1 Å². The van der Waals surface area contributed by atoms with Crippen LogP contribution in [0.2, 0.25) is 0 Å². The summed E-state index contributed by atoms with van der Waals surface area (Å²) in [6.07, 6.45) is 5.20. The number of nitrogens with zero attached hydrogens (tertiary/aromatic N) is 7. The quantitative estimate of drug-likeness (QED) is 0.689. The molecular weight excluding hydrogens is 306 g/mol. The van der Waals surface area contributed by atoms with E-state index in [2.05, 4.69) is 25.2 Å². The molecule has 0 radical (unpaired) electrons. The first kappa shape index (κ1) is 15.0. The number of aromatic nitrogens is 6. The number of ether oxygens (including phenoxy) is 1. The summed E-state index contributed by atoms with van der Waals surface area (Å²) in [6.45, 7) is 3.94. The van der Waals surface area contributed by atoms with Crippen molar-refractivity contribution in [3.05, 3.63) is 54.9 Å². The number of hydrogen-bond donors (Lipinski definition) is 0. The van der Waals surface area contributed by atoms with Gasteiger partial charge in [0.05, 0.1) is 36.8 Å². The third kappa shape index (κ3) is 3.50. The van der Waals surface area contributed by atoms with Crippen LogP contribution in [0.1, 0.15) is 5.69 Å². The maximum Gasteiger partial charge on any atom is 0.137 e. The first-order valence-corrected chi connectivity index (χ1v) is 8.00. The molecule has 3 heterocycles. The van der Waals surface area contributed by atoms with E-state index in [1.807, 2.05) is 36.5 Å². The fourth-order valence-electron chi connectivity index (χ4n) is 2.85. The van der Waals surface area contributed by atoms with Crippen molar-refractivity contribution in [2.75, 3.05) is 19.7 Å². The smallest absolute Gasteiger partial charge is 0.137 e. The van der Waals surface area contributed by atoms with Crippen molar-refractivity contribution in [2.24, 2.45) is 0 Å². The van der Waals surface area contributed by atoms with Gasteiger partial charge < -0.3 is 4.74 Å². The molecule has 0 unspecified atom stereocenters. The molecule has 0 amide bonds. The average molecular weight is 325 g/mol. The highest BCUT2D eigenvalue weighted by atomic mass is 16.5. The zero-order chi connectivity index (χ0) is 16.2. The van der Waals surface area contributed by atoms with Crippen LogP contribution in [0.25, 0.3) is 5.69 Å². The van der Waals surface area contributed by atoms with Crippen LogP contribution in [-0.4, -0.2) is 60.5 Å². The first-order chi connectivity index (χ1) is 11.9. The fraction of sp³-hybridized carbons (Fsp3) is 0.375. The van der Waals surface area contributed by atoms with Gasteiger partial charge in [-0.2, -0.15) is 20.1 Å². The number of morpholine rings is 1. The van der Waals surface area contributed by atoms with Gasteiger partial charge in [-0.25, -0.2) is 4.98 Å². The Morgan fingerprint density at radius 2 is 2.08 bits per heavy atom. The molecule has 4 rings (SSSR count). The maximum atomic E-state index is 5.82. The summed E-state index contributed by atoms with van der Waals surface area (Å²) in [4.78, 5) is 7.97. The number of benzene rings is 1. The molecule has 24 heavy (non-hydrogen) atoms. The van der Waals surface area contributed by atoms with E-state index in [0.29, 0.717) is 13.2 Å². The van der Waals surface area contributed by atoms with Crippen LogP contribution in [0, 0.1) is 0 Å². The monoisotopic (exact) mass is 325 g/mol. The Bertz CT molecular complexity index is 756. The van der Waals surface area contributed by atoms with Crippen LogP contribution >= 0.6 is 0 Å². The normalized spacial score (nSPS) is 18.8. The molecule has 1 fully saturated rings. The van der Waals surface area contributed by atoms with Gasteiger partial charge in [-0.15, -0.1) is 0 Å². The molecule has 0 spiro atoms. The van der Waals surface area contributed by atoms with E-state index in [4.69, 9.17) is 4.74 Å². The summed E-state index contributed by atoms with van der Waals surface area (Å²) in [5.74, 6) is 0. The Hall–Kier alpha value is -2.58. The molecule has 1 aliphatic rings. The number of para-hydroxylation sites is 1. The van der Waals surface area contributed by atoms with E-state index in [1.165, 1.54) is 0 Å². The van der Waals surface area contributed by atoms with Gasteiger partial charge in [-0.3, -0.25) is 9.58 Å². The van der Waals surface area contributed by atoms with Gasteiger partial charge in [-0.1, -0.05) is 18.2 Å². The third-order valence-corrected chi connectivity index (χ3v) is 3.99. The molecule has 8 nitrogen and oxygen atoms in total. The molecule has 0 aliphatic carbocycles. The molecule has 8 heteroatoms. The lowest BCUT2D eigenvalue weighted by atomic mass is 10.2. The molecular formula is C16H19N7O. The topological polar surface area (TPSA) is 73.9 Å². The van der Waals surface area contributed by atoms with E-state index in [0.717, 1.165) is 31.0 Å². The van der Waals surface area contributed by atoms with Gasteiger partial charge in [0.1, 0.15) is 12.7 Å². The summed E-state index contributed by atoms with van der Waals surface area (Å²) in [5, 5.41) is 13.1. The van der Waals surface area contributed by atoms with Crippen molar-refractivity contribution in [1.82, 2.24) is 34.7 Å². The second kappa shape index (κ2) is 6.90. The SMILES string of the molecule is c1ccc(-n2ncc(CN3CCO[C@@H](Cn4cncn4)C3)n2)cc1. The second-order valence-corrected chi connectivity index (χ2v) is 5.81. The first-order valence-electron chi connectivity index (χ1n) is 8.00. The van der Waals surface area contributed by atoms with Crippen LogP contribution in [0.4, 0.5) is 0 Å². The molecule has 0 saturated carbocycles. The summed E-state index contributed by atoms with van der Waals surface area (Å²) < 4.78 is 7.63. The van der Waals surface area contributed by atoms with E-state index in [-0.39, 0.29) is 6.10 Å². The maximum absolute atomic E-state index is 5.82.